The molecule has 0 unspecified atom stereocenters. The summed E-state index contributed by atoms with van der Waals surface area (Å²) in [6.07, 6.45) is 7.40. The maximum absolute atomic E-state index is 11.8. The SMILES string of the molecule is C[C@H]1[C@@]23CC[C@]45C[C@@]6(CC[C@@H](C(C)(C)O)O6)[C@H]4[C@@H](O)C[C@@]5(C)[C@@H]2C[C@H](O)[C@H]2C(C)(C)[C@@H](O)CC[C@@]123. The van der Waals surface area contributed by atoms with Crippen molar-refractivity contribution in [3.63, 3.8) is 0 Å². The van der Waals surface area contributed by atoms with Gasteiger partial charge >= 0.3 is 0 Å². The molecule has 4 N–H and O–H groups in total. The van der Waals surface area contributed by atoms with Gasteiger partial charge < -0.3 is 25.2 Å². The molecule has 0 aromatic heterocycles. The van der Waals surface area contributed by atoms with Gasteiger partial charge in [-0.1, -0.05) is 27.7 Å². The van der Waals surface area contributed by atoms with E-state index in [1.807, 2.05) is 13.8 Å². The van der Waals surface area contributed by atoms with E-state index in [1.54, 1.807) is 0 Å². The van der Waals surface area contributed by atoms with Gasteiger partial charge in [-0.3, -0.25) is 0 Å². The van der Waals surface area contributed by atoms with Crippen LogP contribution in [-0.4, -0.2) is 56.0 Å². The van der Waals surface area contributed by atoms with Gasteiger partial charge in [0.05, 0.1) is 35.6 Å². The van der Waals surface area contributed by atoms with Crippen LogP contribution in [0.1, 0.15) is 99.3 Å². The van der Waals surface area contributed by atoms with E-state index in [4.69, 9.17) is 4.74 Å². The lowest BCUT2D eigenvalue weighted by Gasteiger charge is -2.70. The summed E-state index contributed by atoms with van der Waals surface area (Å²) in [5.74, 6) is 1.28. The Morgan fingerprint density at radius 1 is 0.857 bits per heavy atom. The zero-order valence-corrected chi connectivity index (χ0v) is 22.7. The lowest BCUT2D eigenvalue weighted by molar-refractivity contribution is -0.290. The standard InChI is InChI=1S/C30H48O5/c1-16-29-12-11-27-15-28(9-8-21(35-28)25(4,5)34)23(27)18(32)14-26(27,6)19(29)13-17(31)22-24(2,3)20(33)7-10-30(16,22)29/h16-23,31-34H,7-15H2,1-6H3/t16-,17-,18-,19-,20-,21-,22-,23-,26-,27-,28-,29-,30+/m0/s1. The van der Waals surface area contributed by atoms with Gasteiger partial charge in [-0.25, -0.2) is 0 Å². The van der Waals surface area contributed by atoms with Crippen molar-refractivity contribution in [2.75, 3.05) is 0 Å². The molecule has 1 aliphatic heterocycles. The molecule has 6 saturated carbocycles. The van der Waals surface area contributed by atoms with Gasteiger partial charge in [0.2, 0.25) is 0 Å². The van der Waals surface area contributed by atoms with Crippen LogP contribution in [0.2, 0.25) is 0 Å². The van der Waals surface area contributed by atoms with E-state index in [1.165, 1.54) is 6.42 Å². The Balaban J connectivity index is 1.26. The highest BCUT2D eigenvalue weighted by Gasteiger charge is 2.90. The van der Waals surface area contributed by atoms with Gasteiger partial charge in [0.25, 0.3) is 0 Å². The highest BCUT2D eigenvalue weighted by Crippen LogP contribution is 2.93. The number of aliphatic hydroxyl groups is 4. The molecule has 35 heavy (non-hydrogen) atoms. The first-order valence-corrected chi connectivity index (χ1v) is 14.6. The average Bonchev–Trinajstić information content (AvgIpc) is 3.02. The van der Waals surface area contributed by atoms with E-state index in [9.17, 15) is 20.4 Å². The summed E-state index contributed by atoms with van der Waals surface area (Å²) in [5.41, 5.74) is -0.963. The van der Waals surface area contributed by atoms with Crippen LogP contribution in [0.5, 0.6) is 0 Å². The summed E-state index contributed by atoms with van der Waals surface area (Å²) in [6, 6.07) is 0. The van der Waals surface area contributed by atoms with Crippen molar-refractivity contribution in [1.29, 1.82) is 0 Å². The van der Waals surface area contributed by atoms with Gasteiger partial charge in [-0.15, -0.1) is 0 Å². The molecule has 198 valence electrons. The quantitative estimate of drug-likeness (QED) is 0.447. The number of aliphatic hydroxyl groups excluding tert-OH is 3. The second kappa shape index (κ2) is 6.33. The van der Waals surface area contributed by atoms with Crippen LogP contribution in [0.15, 0.2) is 0 Å². The Hall–Kier alpha value is -0.200. The Kier molecular flexibility index (Phi) is 4.32. The Morgan fingerprint density at radius 2 is 1.57 bits per heavy atom. The van der Waals surface area contributed by atoms with E-state index in [2.05, 4.69) is 27.7 Å². The van der Waals surface area contributed by atoms with Crippen molar-refractivity contribution in [3.05, 3.63) is 0 Å². The molecule has 0 amide bonds. The first kappa shape index (κ1) is 23.9. The molecule has 1 heterocycles. The molecule has 7 fully saturated rings. The number of rotatable bonds is 1. The van der Waals surface area contributed by atoms with Crippen LogP contribution in [0.25, 0.3) is 0 Å². The zero-order valence-electron chi connectivity index (χ0n) is 22.7. The molecule has 0 aromatic rings. The predicted molar refractivity (Wildman–Crippen MR) is 132 cm³/mol. The third-order valence-corrected chi connectivity index (χ3v) is 14.5. The highest BCUT2D eigenvalue weighted by molar-refractivity contribution is 5.38. The van der Waals surface area contributed by atoms with Crippen molar-refractivity contribution in [2.45, 2.75) is 135 Å². The smallest absolute Gasteiger partial charge is 0.0865 e. The van der Waals surface area contributed by atoms with E-state index < -0.39 is 5.60 Å². The van der Waals surface area contributed by atoms with E-state index >= 15 is 0 Å². The second-order valence-electron chi connectivity index (χ2n) is 15.9. The van der Waals surface area contributed by atoms with E-state index in [0.29, 0.717) is 11.8 Å². The molecule has 4 spiro atoms. The molecule has 0 aromatic carbocycles. The summed E-state index contributed by atoms with van der Waals surface area (Å²) < 4.78 is 6.67. The molecular formula is C30H48O5. The minimum Gasteiger partial charge on any atom is -0.393 e. The highest BCUT2D eigenvalue weighted by atomic mass is 16.5. The van der Waals surface area contributed by atoms with Gasteiger partial charge in [0, 0.05) is 5.92 Å². The molecule has 0 radical (unpaired) electrons. The average molecular weight is 489 g/mol. The molecule has 7 rings (SSSR count). The first-order valence-electron chi connectivity index (χ1n) is 14.6. The van der Waals surface area contributed by atoms with Gasteiger partial charge in [-0.05, 0) is 116 Å². The summed E-state index contributed by atoms with van der Waals surface area (Å²) in [4.78, 5) is 0. The van der Waals surface area contributed by atoms with Gasteiger partial charge in [-0.2, -0.15) is 0 Å². The van der Waals surface area contributed by atoms with Crippen LogP contribution >= 0.6 is 0 Å². The Morgan fingerprint density at radius 3 is 2.23 bits per heavy atom. The summed E-state index contributed by atoms with van der Waals surface area (Å²) in [5, 5.41) is 45.0. The van der Waals surface area contributed by atoms with Crippen molar-refractivity contribution in [2.24, 2.45) is 50.7 Å². The first-order chi connectivity index (χ1) is 16.1. The maximum atomic E-state index is 11.8. The predicted octanol–water partition coefficient (Wildman–Crippen LogP) is 4.05. The molecule has 7 aliphatic rings. The second-order valence-corrected chi connectivity index (χ2v) is 15.9. The summed E-state index contributed by atoms with van der Waals surface area (Å²) in [6.45, 7) is 13.0. The van der Waals surface area contributed by atoms with Crippen molar-refractivity contribution < 1.29 is 25.2 Å². The van der Waals surface area contributed by atoms with Crippen LogP contribution in [0, 0.1) is 50.7 Å². The third kappa shape index (κ3) is 2.27. The number of fused-ring (bicyclic) bond motifs is 2. The van der Waals surface area contributed by atoms with Crippen molar-refractivity contribution >= 4 is 0 Å². The Bertz CT molecular complexity index is 957. The number of ether oxygens (including phenoxy) is 1. The Labute approximate surface area is 211 Å². The fourth-order valence-corrected chi connectivity index (χ4v) is 13.4. The van der Waals surface area contributed by atoms with Crippen molar-refractivity contribution in [1.82, 2.24) is 0 Å². The number of hydrogen-bond acceptors (Lipinski definition) is 5. The minimum atomic E-state index is -0.855. The largest absolute Gasteiger partial charge is 0.393 e. The molecule has 0 bridgehead atoms. The van der Waals surface area contributed by atoms with Crippen molar-refractivity contribution in [3.8, 4) is 0 Å². The van der Waals surface area contributed by atoms with E-state index in [-0.39, 0.29) is 68.9 Å². The minimum absolute atomic E-state index is 0.000673. The van der Waals surface area contributed by atoms with Crippen LogP contribution in [0.3, 0.4) is 0 Å². The molecular weight excluding hydrogens is 440 g/mol. The molecule has 6 aliphatic carbocycles. The summed E-state index contributed by atoms with van der Waals surface area (Å²) in [7, 11) is 0. The van der Waals surface area contributed by atoms with Crippen LogP contribution in [0.4, 0.5) is 0 Å². The molecule has 5 heteroatoms. The lowest BCUT2D eigenvalue weighted by atomic mass is 9.35. The third-order valence-electron chi connectivity index (χ3n) is 14.5. The van der Waals surface area contributed by atoms with Gasteiger partial charge in [0.1, 0.15) is 0 Å². The normalized spacial score (nSPS) is 63.9. The monoisotopic (exact) mass is 488 g/mol. The lowest BCUT2D eigenvalue weighted by Crippen LogP contribution is -2.70. The summed E-state index contributed by atoms with van der Waals surface area (Å²) >= 11 is 0. The van der Waals surface area contributed by atoms with Gasteiger partial charge in [0.15, 0.2) is 0 Å². The topological polar surface area (TPSA) is 90.2 Å². The fraction of sp³-hybridized carbons (Fsp3) is 1.00. The fourth-order valence-electron chi connectivity index (χ4n) is 13.4. The number of hydrogen-bond donors (Lipinski definition) is 4. The molecule has 1 saturated heterocycles. The van der Waals surface area contributed by atoms with Crippen LogP contribution < -0.4 is 0 Å². The van der Waals surface area contributed by atoms with Crippen LogP contribution in [-0.2, 0) is 4.74 Å². The molecule has 5 nitrogen and oxygen atoms in total. The van der Waals surface area contributed by atoms with E-state index in [0.717, 1.165) is 51.4 Å². The zero-order chi connectivity index (χ0) is 25.2. The molecule has 13 atom stereocenters. The maximum Gasteiger partial charge on any atom is 0.0865 e.